The van der Waals surface area contributed by atoms with Crippen molar-refractivity contribution >= 4 is 39.4 Å². The van der Waals surface area contributed by atoms with E-state index < -0.39 is 0 Å². The van der Waals surface area contributed by atoms with Crippen LogP contribution >= 0.6 is 0 Å². The van der Waals surface area contributed by atoms with Gasteiger partial charge in [0.1, 0.15) is 46.4 Å². The molecule has 0 spiro atoms. The Balaban J connectivity index is 1.10. The molecule has 0 radical (unpaired) electrons. The molecule has 1 aliphatic carbocycles. The van der Waals surface area contributed by atoms with Gasteiger partial charge in [-0.3, -0.25) is 4.57 Å². The van der Waals surface area contributed by atoms with Gasteiger partial charge in [-0.05, 0) is 100 Å². The van der Waals surface area contributed by atoms with E-state index in [1.165, 1.54) is 10.9 Å². The zero-order chi connectivity index (χ0) is 35.0. The third kappa shape index (κ3) is 4.84. The van der Waals surface area contributed by atoms with Gasteiger partial charge in [0.25, 0.3) is 0 Å². The molecule has 52 heavy (non-hydrogen) atoms. The number of hydrogen-bond donors (Lipinski definition) is 0. The molecule has 1 unspecified atom stereocenters. The zero-order valence-corrected chi connectivity index (χ0v) is 29.2. The van der Waals surface area contributed by atoms with E-state index in [4.69, 9.17) is 14.5 Å². The van der Waals surface area contributed by atoms with E-state index in [0.717, 1.165) is 78.9 Å². The van der Waals surface area contributed by atoms with Gasteiger partial charge in [0, 0.05) is 34.5 Å². The quantitative estimate of drug-likeness (QED) is 0.138. The molecule has 250 valence electrons. The molecule has 2 aliphatic rings. The largest absolute Gasteiger partial charge is 0.463 e. The molecule has 0 saturated carbocycles. The lowest BCUT2D eigenvalue weighted by Gasteiger charge is -2.23. The molecule has 5 heteroatoms. The van der Waals surface area contributed by atoms with Gasteiger partial charge < -0.3 is 14.0 Å². The molecule has 10 rings (SSSR count). The Hall–Kier alpha value is -6.46. The average Bonchev–Trinajstić information content (AvgIpc) is 3.65. The van der Waals surface area contributed by atoms with Crippen LogP contribution in [0.1, 0.15) is 43.4 Å². The van der Waals surface area contributed by atoms with Crippen molar-refractivity contribution in [1.29, 1.82) is 0 Å². The molecule has 3 heterocycles. The second-order valence-electron chi connectivity index (χ2n) is 14.6. The van der Waals surface area contributed by atoms with Crippen molar-refractivity contribution < 1.29 is 9.47 Å². The number of hydrogen-bond acceptors (Lipinski definition) is 3. The van der Waals surface area contributed by atoms with Crippen molar-refractivity contribution in [1.82, 2.24) is 14.1 Å². The average molecular weight is 674 g/mol. The lowest BCUT2D eigenvalue weighted by molar-refractivity contribution is 0.474. The highest BCUT2D eigenvalue weighted by Crippen LogP contribution is 2.52. The minimum absolute atomic E-state index is 0.00230. The number of nitrogens with zero attached hydrogens (tertiary/aromatic N) is 3. The van der Waals surface area contributed by atoms with Crippen LogP contribution in [0.25, 0.3) is 38.8 Å². The summed E-state index contributed by atoms with van der Waals surface area (Å²) in [4.78, 5) is 4.86. The summed E-state index contributed by atoms with van der Waals surface area (Å²) in [5.74, 6) is 3.87. The van der Waals surface area contributed by atoms with E-state index >= 15 is 0 Å². The highest BCUT2D eigenvalue weighted by Gasteiger charge is 2.34. The zero-order valence-electron chi connectivity index (χ0n) is 29.2. The number of ether oxygens (including phenoxy) is 2. The van der Waals surface area contributed by atoms with Crippen molar-refractivity contribution in [2.75, 3.05) is 0 Å². The number of rotatable bonds is 4. The van der Waals surface area contributed by atoms with Crippen LogP contribution in [0, 0.1) is 0 Å². The smallest absolute Gasteiger partial charge is 0.148 e. The number of para-hydroxylation sites is 4. The summed E-state index contributed by atoms with van der Waals surface area (Å²) in [5.41, 5.74) is 9.90. The van der Waals surface area contributed by atoms with Crippen LogP contribution in [0.15, 0.2) is 152 Å². The highest BCUT2D eigenvalue weighted by atomic mass is 16.5. The second kappa shape index (κ2) is 11.5. The third-order valence-corrected chi connectivity index (χ3v) is 10.3. The predicted octanol–water partition coefficient (Wildman–Crippen LogP) is 12.0. The SMILES string of the molecule is CC(C)(C)c1ccnc(-n2c3ccccc3c3ccc(Oc4ccc5c(c4)C4[C-]=[N+](c6ccccc6)c6ccccc6Oc6cccc-5c64)cc32)c1. The first kappa shape index (κ1) is 30.4. The normalized spacial score (nSPS) is 14.5. The summed E-state index contributed by atoms with van der Waals surface area (Å²) in [6.07, 6.45) is 5.81. The molecule has 0 N–H and O–H groups in total. The van der Waals surface area contributed by atoms with Crippen LogP contribution in [0.4, 0.5) is 11.4 Å². The molecule has 6 aromatic carbocycles. The first-order valence-corrected chi connectivity index (χ1v) is 17.7. The lowest BCUT2D eigenvalue weighted by Crippen LogP contribution is -2.15. The van der Waals surface area contributed by atoms with Crippen molar-refractivity contribution in [3.8, 4) is 39.9 Å². The van der Waals surface area contributed by atoms with Gasteiger partial charge in [0.15, 0.2) is 0 Å². The van der Waals surface area contributed by atoms with E-state index in [1.54, 1.807) is 0 Å². The standard InChI is InChI=1S/C47H35N3O2/c1-47(2,3)30-24-25-48-45(26-30)50-40-16-8-7-14-35(40)36-23-21-33(28-42(36)50)51-32-20-22-34-37-15-11-19-44-46(37)39(38(34)27-32)29-49(31-12-5-4-6-13-31)41-17-9-10-18-43(41)52-44/h4-28,39H,1-3H3. The van der Waals surface area contributed by atoms with Crippen molar-refractivity contribution in [2.45, 2.75) is 32.1 Å². The summed E-state index contributed by atoms with van der Waals surface area (Å²) in [7, 11) is 0. The predicted molar refractivity (Wildman–Crippen MR) is 210 cm³/mol. The fourth-order valence-electron chi connectivity index (χ4n) is 7.78. The summed E-state index contributed by atoms with van der Waals surface area (Å²) < 4.78 is 17.8. The molecule has 0 amide bonds. The Labute approximate surface area is 302 Å². The maximum Gasteiger partial charge on any atom is 0.148 e. The fourth-order valence-corrected chi connectivity index (χ4v) is 7.78. The van der Waals surface area contributed by atoms with Gasteiger partial charge in [0.05, 0.1) is 11.0 Å². The van der Waals surface area contributed by atoms with Crippen LogP contribution in [-0.4, -0.2) is 15.8 Å². The van der Waals surface area contributed by atoms with E-state index in [0.29, 0.717) is 0 Å². The number of pyridine rings is 1. The van der Waals surface area contributed by atoms with Crippen LogP contribution in [0.5, 0.6) is 23.0 Å². The number of benzene rings is 6. The van der Waals surface area contributed by atoms with Gasteiger partial charge in [-0.2, -0.15) is 0 Å². The van der Waals surface area contributed by atoms with E-state index in [-0.39, 0.29) is 11.3 Å². The molecule has 1 aliphatic heterocycles. The Morgan fingerprint density at radius 3 is 2.31 bits per heavy atom. The second-order valence-corrected chi connectivity index (χ2v) is 14.6. The molecule has 5 nitrogen and oxygen atoms in total. The van der Waals surface area contributed by atoms with E-state index in [1.807, 2.05) is 30.5 Å². The number of aromatic nitrogens is 2. The van der Waals surface area contributed by atoms with Gasteiger partial charge in [-0.15, -0.1) is 0 Å². The Morgan fingerprint density at radius 1 is 0.673 bits per heavy atom. The van der Waals surface area contributed by atoms with Crippen molar-refractivity contribution in [3.63, 3.8) is 0 Å². The Morgan fingerprint density at radius 2 is 1.42 bits per heavy atom. The van der Waals surface area contributed by atoms with E-state index in [9.17, 15) is 0 Å². The van der Waals surface area contributed by atoms with E-state index in [2.05, 4.69) is 157 Å². The minimum atomic E-state index is -0.176. The van der Waals surface area contributed by atoms with Gasteiger partial charge in [-0.1, -0.05) is 87.5 Å². The third-order valence-electron chi connectivity index (χ3n) is 10.3. The Bertz CT molecular complexity index is 2740. The molecule has 8 aromatic rings. The van der Waals surface area contributed by atoms with Gasteiger partial charge >= 0.3 is 0 Å². The lowest BCUT2D eigenvalue weighted by atomic mass is 9.88. The van der Waals surface area contributed by atoms with Gasteiger partial charge in [-0.25, -0.2) is 4.98 Å². The monoisotopic (exact) mass is 673 g/mol. The maximum absolute atomic E-state index is 6.73. The summed E-state index contributed by atoms with van der Waals surface area (Å²) in [6.45, 7) is 6.70. The van der Waals surface area contributed by atoms with Crippen LogP contribution in [0.2, 0.25) is 0 Å². The molecule has 1 atom stereocenters. The molecule has 0 fully saturated rings. The molecule has 0 saturated heterocycles. The minimum Gasteiger partial charge on any atom is -0.463 e. The van der Waals surface area contributed by atoms with Crippen LogP contribution in [-0.2, 0) is 5.41 Å². The number of fused-ring (bicyclic) bond motifs is 7. The van der Waals surface area contributed by atoms with Crippen molar-refractivity contribution in [2.24, 2.45) is 0 Å². The van der Waals surface area contributed by atoms with Crippen molar-refractivity contribution in [3.05, 3.63) is 168 Å². The topological polar surface area (TPSA) is 39.3 Å². The van der Waals surface area contributed by atoms with Crippen LogP contribution in [0.3, 0.4) is 0 Å². The Kier molecular flexibility index (Phi) is 6.74. The van der Waals surface area contributed by atoms with Crippen LogP contribution < -0.4 is 14.0 Å². The first-order chi connectivity index (χ1) is 25.4. The fraction of sp³-hybridized carbons (Fsp3) is 0.106. The first-order valence-electron chi connectivity index (χ1n) is 17.7. The maximum atomic E-state index is 6.73. The molecular formula is C47H35N3O2. The molecule has 0 bridgehead atoms. The summed E-state index contributed by atoms with van der Waals surface area (Å²) in [5, 5.41) is 2.34. The highest BCUT2D eigenvalue weighted by molar-refractivity contribution is 6.09. The molecular weight excluding hydrogens is 639 g/mol. The summed E-state index contributed by atoms with van der Waals surface area (Å²) >= 11 is 0. The molecule has 2 aromatic heterocycles. The summed E-state index contributed by atoms with van der Waals surface area (Å²) in [6, 6.07) is 50.4. The van der Waals surface area contributed by atoms with Gasteiger partial charge in [0.2, 0.25) is 0 Å².